The van der Waals surface area contributed by atoms with E-state index in [0.717, 1.165) is 31.4 Å². The van der Waals surface area contributed by atoms with E-state index in [1.54, 1.807) is 0 Å². The fraction of sp³-hybridized carbons (Fsp3) is 0.444. The number of aliphatic hydroxyl groups excluding tert-OH is 1. The number of hydrogen-bond donors (Lipinski definition) is 1. The van der Waals surface area contributed by atoms with Gasteiger partial charge in [0.2, 0.25) is 0 Å². The van der Waals surface area contributed by atoms with Gasteiger partial charge in [0.05, 0.1) is 12.1 Å². The van der Waals surface area contributed by atoms with Gasteiger partial charge in [-0.05, 0) is 37.0 Å². The summed E-state index contributed by atoms with van der Waals surface area (Å²) >= 11 is 0. The lowest BCUT2D eigenvalue weighted by molar-refractivity contribution is 0.0709. The lowest BCUT2D eigenvalue weighted by atomic mass is 9.85. The molecule has 0 bridgehead atoms. The van der Waals surface area contributed by atoms with Crippen molar-refractivity contribution in [3.63, 3.8) is 0 Å². The van der Waals surface area contributed by atoms with Crippen LogP contribution in [0.3, 0.4) is 0 Å². The van der Waals surface area contributed by atoms with Crippen LogP contribution in [-0.2, 0) is 0 Å². The third kappa shape index (κ3) is 2.93. The average Bonchev–Trinajstić information content (AvgIpc) is 3.15. The van der Waals surface area contributed by atoms with Crippen LogP contribution >= 0.6 is 0 Å². The van der Waals surface area contributed by atoms with Crippen LogP contribution in [0.2, 0.25) is 0 Å². The summed E-state index contributed by atoms with van der Waals surface area (Å²) in [6.45, 7) is 0.119. The van der Waals surface area contributed by atoms with Crippen molar-refractivity contribution in [1.82, 2.24) is 9.88 Å². The molecule has 1 aromatic carbocycles. The van der Waals surface area contributed by atoms with Crippen molar-refractivity contribution < 1.29 is 23.1 Å². The molecule has 2 aromatic rings. The summed E-state index contributed by atoms with van der Waals surface area (Å²) in [6.07, 6.45) is 4.03. The highest BCUT2D eigenvalue weighted by atomic mass is 19.2. The van der Waals surface area contributed by atoms with Gasteiger partial charge in [0.15, 0.2) is 23.2 Å². The Morgan fingerprint density at radius 3 is 2.76 bits per heavy atom. The number of aromatic nitrogens is 1. The molecule has 5 nitrogen and oxygen atoms in total. The average molecular weight is 348 g/mol. The molecule has 0 spiro atoms. The van der Waals surface area contributed by atoms with Gasteiger partial charge in [-0.25, -0.2) is 13.8 Å². The van der Waals surface area contributed by atoms with Crippen molar-refractivity contribution in [2.24, 2.45) is 0 Å². The van der Waals surface area contributed by atoms with Crippen molar-refractivity contribution in [1.29, 1.82) is 0 Å². The first-order chi connectivity index (χ1) is 12.0. The Kier molecular flexibility index (Phi) is 4.03. The summed E-state index contributed by atoms with van der Waals surface area (Å²) in [5.41, 5.74) is 0.634. The fourth-order valence-corrected chi connectivity index (χ4v) is 3.45. The van der Waals surface area contributed by atoms with E-state index in [4.69, 9.17) is 4.42 Å². The third-order valence-electron chi connectivity index (χ3n) is 5.06. The van der Waals surface area contributed by atoms with Gasteiger partial charge in [0.25, 0.3) is 5.91 Å². The van der Waals surface area contributed by atoms with Gasteiger partial charge in [-0.3, -0.25) is 4.79 Å². The molecule has 1 aromatic heterocycles. The number of aliphatic hydroxyl groups is 1. The van der Waals surface area contributed by atoms with Crippen LogP contribution in [0, 0.1) is 11.6 Å². The molecule has 2 heterocycles. The summed E-state index contributed by atoms with van der Waals surface area (Å²) in [6, 6.07) is 3.01. The number of benzene rings is 1. The van der Waals surface area contributed by atoms with Gasteiger partial charge in [0.1, 0.15) is 6.26 Å². The topological polar surface area (TPSA) is 66.6 Å². The minimum atomic E-state index is -0.972. The second-order valence-corrected chi connectivity index (χ2v) is 6.74. The van der Waals surface area contributed by atoms with E-state index < -0.39 is 23.8 Å². The first-order valence-corrected chi connectivity index (χ1v) is 8.42. The van der Waals surface area contributed by atoms with E-state index in [1.807, 2.05) is 0 Å². The molecule has 4 rings (SSSR count). The number of oxazole rings is 1. The molecule has 1 N–H and O–H groups in total. The molecular formula is C18H18F2N2O3. The van der Waals surface area contributed by atoms with Crippen LogP contribution < -0.4 is 0 Å². The van der Waals surface area contributed by atoms with E-state index in [0.29, 0.717) is 11.5 Å². The van der Waals surface area contributed by atoms with Gasteiger partial charge in [-0.1, -0.05) is 12.5 Å². The van der Waals surface area contributed by atoms with Crippen LogP contribution in [0.5, 0.6) is 0 Å². The van der Waals surface area contributed by atoms with Crippen LogP contribution in [0.25, 0.3) is 0 Å². The molecule has 25 heavy (non-hydrogen) atoms. The lowest BCUT2D eigenvalue weighted by Gasteiger charge is -2.24. The maximum absolute atomic E-state index is 13.6. The van der Waals surface area contributed by atoms with Gasteiger partial charge in [0, 0.05) is 12.5 Å². The van der Waals surface area contributed by atoms with E-state index in [1.165, 1.54) is 17.2 Å². The number of hydrogen-bond acceptors (Lipinski definition) is 4. The molecule has 2 atom stereocenters. The zero-order valence-corrected chi connectivity index (χ0v) is 13.5. The summed E-state index contributed by atoms with van der Waals surface area (Å²) in [5, 5.41) is 9.99. The van der Waals surface area contributed by atoms with Crippen LogP contribution in [0.1, 0.15) is 59.6 Å². The Balaban J connectivity index is 1.59. The van der Waals surface area contributed by atoms with Gasteiger partial charge in [-0.15, -0.1) is 0 Å². The number of likely N-dealkylation sites (tertiary alicyclic amines) is 1. The highest BCUT2D eigenvalue weighted by Gasteiger charge is 2.37. The summed E-state index contributed by atoms with van der Waals surface area (Å²) in [4.78, 5) is 18.5. The van der Waals surface area contributed by atoms with E-state index in [-0.39, 0.29) is 30.5 Å². The number of rotatable bonds is 3. The van der Waals surface area contributed by atoms with Crippen molar-refractivity contribution >= 4 is 5.91 Å². The maximum Gasteiger partial charge on any atom is 0.276 e. The second-order valence-electron chi connectivity index (χ2n) is 6.74. The maximum atomic E-state index is 13.6. The highest BCUT2D eigenvalue weighted by Crippen LogP contribution is 2.37. The number of carbonyl (C=O) groups excluding carboxylic acids is 1. The van der Waals surface area contributed by atoms with Crippen molar-refractivity contribution in [3.05, 3.63) is 53.2 Å². The normalized spacial score (nSPS) is 23.7. The highest BCUT2D eigenvalue weighted by molar-refractivity contribution is 5.92. The zero-order valence-electron chi connectivity index (χ0n) is 13.5. The molecule has 1 saturated carbocycles. The van der Waals surface area contributed by atoms with E-state index in [9.17, 15) is 18.7 Å². The smallest absolute Gasteiger partial charge is 0.276 e. The lowest BCUT2D eigenvalue weighted by Crippen LogP contribution is -2.32. The molecule has 132 valence electrons. The summed E-state index contributed by atoms with van der Waals surface area (Å²) in [5.74, 6) is -1.45. The molecule has 1 saturated heterocycles. The minimum Gasteiger partial charge on any atom is -0.448 e. The van der Waals surface area contributed by atoms with Crippen LogP contribution in [0.15, 0.2) is 28.9 Å². The number of halogens is 2. The fourth-order valence-electron chi connectivity index (χ4n) is 3.45. The number of nitrogens with zero attached hydrogens (tertiary/aromatic N) is 2. The molecule has 7 heteroatoms. The minimum absolute atomic E-state index is 0.119. The largest absolute Gasteiger partial charge is 0.448 e. The van der Waals surface area contributed by atoms with Crippen molar-refractivity contribution in [2.75, 3.05) is 6.54 Å². The quantitative estimate of drug-likeness (QED) is 0.925. The molecular weight excluding hydrogens is 330 g/mol. The summed E-state index contributed by atoms with van der Waals surface area (Å²) in [7, 11) is 0. The number of carbonyl (C=O) groups is 1. The van der Waals surface area contributed by atoms with Crippen molar-refractivity contribution in [3.8, 4) is 0 Å². The Hall–Kier alpha value is -2.28. The Morgan fingerprint density at radius 2 is 2.08 bits per heavy atom. The number of β-amino-alcohol motifs (C(OH)–C–C–N with tert-alkyl or cyclic N) is 1. The second kappa shape index (κ2) is 6.22. The Bertz CT molecular complexity index is 803. The van der Waals surface area contributed by atoms with Crippen LogP contribution in [-0.4, -0.2) is 33.5 Å². The van der Waals surface area contributed by atoms with Gasteiger partial charge in [-0.2, -0.15) is 0 Å². The van der Waals surface area contributed by atoms with Crippen LogP contribution in [0.4, 0.5) is 8.78 Å². The number of amides is 1. The third-order valence-corrected chi connectivity index (χ3v) is 5.06. The zero-order chi connectivity index (χ0) is 17.6. The standard InChI is InChI=1S/C18H18F2N2O3/c19-13-5-4-11(6-14(13)20)16-7-12(23)8-22(16)18(24)15-9-25-17(21-15)10-2-1-3-10/h4-6,9-10,12,16,23H,1-3,7-8H2/t12-,16+/m1/s1. The SMILES string of the molecule is O=C(c1coc(C2CCC2)n1)N1C[C@H](O)C[C@H]1c1ccc(F)c(F)c1. The molecule has 0 unspecified atom stereocenters. The van der Waals surface area contributed by atoms with Gasteiger partial charge < -0.3 is 14.4 Å². The Morgan fingerprint density at radius 1 is 1.28 bits per heavy atom. The first kappa shape index (κ1) is 16.2. The molecule has 2 aliphatic rings. The predicted octanol–water partition coefficient (Wildman–Crippen LogP) is 3.17. The van der Waals surface area contributed by atoms with Crippen molar-refractivity contribution in [2.45, 2.75) is 43.7 Å². The molecule has 0 radical (unpaired) electrons. The van der Waals surface area contributed by atoms with Gasteiger partial charge >= 0.3 is 0 Å². The van der Waals surface area contributed by atoms with E-state index in [2.05, 4.69) is 4.98 Å². The molecule has 1 aliphatic heterocycles. The Labute approximate surface area is 143 Å². The molecule has 1 amide bonds. The molecule has 1 aliphatic carbocycles. The monoisotopic (exact) mass is 348 g/mol. The first-order valence-electron chi connectivity index (χ1n) is 8.42. The molecule has 2 fully saturated rings. The van der Waals surface area contributed by atoms with E-state index >= 15 is 0 Å². The summed E-state index contributed by atoms with van der Waals surface area (Å²) < 4.78 is 32.1. The predicted molar refractivity (Wildman–Crippen MR) is 83.9 cm³/mol.